The monoisotopic (exact) mass is 431 g/mol. The molecule has 0 bridgehead atoms. The van der Waals surface area contributed by atoms with Gasteiger partial charge in [-0.15, -0.1) is 12.4 Å². The lowest BCUT2D eigenvalue weighted by Crippen LogP contribution is -2.34. The molecule has 1 saturated heterocycles. The van der Waals surface area contributed by atoms with E-state index in [0.717, 1.165) is 18.8 Å². The summed E-state index contributed by atoms with van der Waals surface area (Å²) in [7, 11) is 1.53. The number of amides is 1. The third kappa shape index (κ3) is 3.98. The average molecular weight is 432 g/mol. The van der Waals surface area contributed by atoms with Crippen molar-refractivity contribution in [1.29, 1.82) is 0 Å². The Balaban J connectivity index is 0.00000256. The first-order valence-electron chi connectivity index (χ1n) is 10.3. The highest BCUT2D eigenvalue weighted by Gasteiger charge is 2.43. The number of hydrogen-bond donors (Lipinski definition) is 1. The fourth-order valence-corrected chi connectivity index (χ4v) is 4.78. The number of pyridine rings is 1. The summed E-state index contributed by atoms with van der Waals surface area (Å²) in [5.41, 5.74) is 2.44. The van der Waals surface area contributed by atoms with Gasteiger partial charge in [-0.1, -0.05) is 44.2 Å². The van der Waals surface area contributed by atoms with Crippen LogP contribution in [-0.4, -0.2) is 48.7 Å². The number of fused-ring (bicyclic) bond motifs is 1. The van der Waals surface area contributed by atoms with Crippen LogP contribution in [0, 0.1) is 5.41 Å². The molecule has 4 rings (SSSR count). The molecule has 6 nitrogen and oxygen atoms in total. The third-order valence-electron chi connectivity index (χ3n) is 6.30. The molecule has 1 unspecified atom stereocenters. The summed E-state index contributed by atoms with van der Waals surface area (Å²) in [6.07, 6.45) is 0.632. The van der Waals surface area contributed by atoms with Crippen molar-refractivity contribution in [2.75, 3.05) is 33.3 Å². The fourth-order valence-electron chi connectivity index (χ4n) is 4.78. The molecule has 0 radical (unpaired) electrons. The lowest BCUT2D eigenvalue weighted by Gasteiger charge is -2.25. The van der Waals surface area contributed by atoms with Gasteiger partial charge in [0, 0.05) is 56.8 Å². The van der Waals surface area contributed by atoms with Gasteiger partial charge in [0.25, 0.3) is 11.5 Å². The molecule has 7 heteroatoms. The minimum Gasteiger partial charge on any atom is -0.496 e. The number of carbonyl (C=O) groups excluding carboxylic acids is 1. The van der Waals surface area contributed by atoms with Crippen LogP contribution in [0.25, 0.3) is 0 Å². The van der Waals surface area contributed by atoms with E-state index in [9.17, 15) is 9.59 Å². The smallest absolute Gasteiger partial charge is 0.259 e. The molecule has 1 amide bonds. The molecule has 2 aromatic rings. The van der Waals surface area contributed by atoms with Gasteiger partial charge in [0.05, 0.1) is 7.11 Å². The van der Waals surface area contributed by atoms with Crippen LogP contribution in [0.3, 0.4) is 0 Å². The van der Waals surface area contributed by atoms with E-state index in [0.29, 0.717) is 37.4 Å². The van der Waals surface area contributed by atoms with E-state index in [1.165, 1.54) is 18.7 Å². The summed E-state index contributed by atoms with van der Waals surface area (Å²) in [5, 5.41) is 3.31. The second-order valence-electron chi connectivity index (χ2n) is 8.66. The van der Waals surface area contributed by atoms with E-state index in [1.807, 2.05) is 11.0 Å². The minimum atomic E-state index is -0.110. The zero-order valence-corrected chi connectivity index (χ0v) is 18.6. The first kappa shape index (κ1) is 22.4. The van der Waals surface area contributed by atoms with E-state index in [1.54, 1.807) is 4.57 Å². The lowest BCUT2D eigenvalue weighted by molar-refractivity contribution is 0.0772. The molecular weight excluding hydrogens is 402 g/mol. The number of nitrogens with one attached hydrogen (secondary N) is 1. The number of nitrogens with zero attached hydrogens (tertiary/aromatic N) is 2. The average Bonchev–Trinajstić information content (AvgIpc) is 2.88. The van der Waals surface area contributed by atoms with Crippen molar-refractivity contribution in [3.05, 3.63) is 63.6 Å². The standard InChI is InChI=1S/C23H29N3O3.ClH/c1-23(2)15-25(14-17(23)16-7-5-4-6-8-16)22(28)21-18-9-10-24-11-12-26(18)20(27)13-19(21)29-3;/h4-8,13,17,24H,9-12,14-15H2,1-3H3;1H. The zero-order valence-electron chi connectivity index (χ0n) is 17.8. The first-order valence-corrected chi connectivity index (χ1v) is 10.3. The van der Waals surface area contributed by atoms with Crippen LogP contribution in [0.4, 0.5) is 0 Å². The third-order valence-corrected chi connectivity index (χ3v) is 6.30. The van der Waals surface area contributed by atoms with Crippen LogP contribution in [0.5, 0.6) is 5.75 Å². The molecule has 1 atom stereocenters. The predicted molar refractivity (Wildman–Crippen MR) is 120 cm³/mol. The van der Waals surface area contributed by atoms with E-state index < -0.39 is 0 Å². The Morgan fingerprint density at radius 1 is 1.20 bits per heavy atom. The molecule has 1 aromatic heterocycles. The largest absolute Gasteiger partial charge is 0.496 e. The number of carbonyl (C=O) groups is 1. The maximum absolute atomic E-state index is 13.7. The second kappa shape index (κ2) is 8.82. The number of benzene rings is 1. The molecule has 1 N–H and O–H groups in total. The highest BCUT2D eigenvalue weighted by atomic mass is 35.5. The Kier molecular flexibility index (Phi) is 6.58. The Morgan fingerprint density at radius 2 is 1.93 bits per heavy atom. The van der Waals surface area contributed by atoms with Crippen molar-refractivity contribution >= 4 is 18.3 Å². The lowest BCUT2D eigenvalue weighted by atomic mass is 9.78. The van der Waals surface area contributed by atoms with Gasteiger partial charge >= 0.3 is 0 Å². The van der Waals surface area contributed by atoms with Crippen LogP contribution in [0.15, 0.2) is 41.2 Å². The fraction of sp³-hybridized carbons (Fsp3) is 0.478. The van der Waals surface area contributed by atoms with Gasteiger partial charge in [0.1, 0.15) is 11.3 Å². The molecule has 1 aromatic carbocycles. The maximum atomic E-state index is 13.7. The SMILES string of the molecule is COc1cc(=O)n2c(c1C(=O)N1CC(c3ccccc3)C(C)(C)C1)CCNCC2.Cl. The van der Waals surface area contributed by atoms with Crippen molar-refractivity contribution < 1.29 is 9.53 Å². The van der Waals surface area contributed by atoms with Crippen LogP contribution in [0.2, 0.25) is 0 Å². The Labute approximate surface area is 183 Å². The quantitative estimate of drug-likeness (QED) is 0.811. The summed E-state index contributed by atoms with van der Waals surface area (Å²) in [5.74, 6) is 0.610. The minimum absolute atomic E-state index is 0. The second-order valence-corrected chi connectivity index (χ2v) is 8.66. The van der Waals surface area contributed by atoms with Crippen LogP contribution in [-0.2, 0) is 13.0 Å². The molecule has 0 spiro atoms. The molecule has 2 aliphatic heterocycles. The summed E-state index contributed by atoms with van der Waals surface area (Å²) in [6, 6.07) is 11.9. The molecular formula is C23H30ClN3O3. The number of halogens is 1. The van der Waals surface area contributed by atoms with Crippen molar-refractivity contribution in [3.63, 3.8) is 0 Å². The Hall–Kier alpha value is -2.31. The van der Waals surface area contributed by atoms with E-state index in [-0.39, 0.29) is 35.2 Å². The number of methoxy groups -OCH3 is 1. The number of likely N-dealkylation sites (tertiary alicyclic amines) is 1. The van der Waals surface area contributed by atoms with Crippen molar-refractivity contribution in [2.24, 2.45) is 5.41 Å². The highest BCUT2D eigenvalue weighted by molar-refractivity contribution is 5.98. The van der Waals surface area contributed by atoms with Crippen LogP contribution in [0.1, 0.15) is 41.4 Å². The van der Waals surface area contributed by atoms with Crippen LogP contribution < -0.4 is 15.6 Å². The molecule has 0 aliphatic carbocycles. The van der Waals surface area contributed by atoms with Gasteiger partial charge in [-0.3, -0.25) is 9.59 Å². The predicted octanol–water partition coefficient (Wildman–Crippen LogP) is 2.69. The van der Waals surface area contributed by atoms with Crippen molar-refractivity contribution in [1.82, 2.24) is 14.8 Å². The molecule has 30 heavy (non-hydrogen) atoms. The molecule has 162 valence electrons. The summed E-state index contributed by atoms with van der Waals surface area (Å²) in [6.45, 7) is 7.80. The summed E-state index contributed by atoms with van der Waals surface area (Å²) < 4.78 is 7.22. The number of rotatable bonds is 3. The van der Waals surface area contributed by atoms with Gasteiger partial charge in [0.15, 0.2) is 0 Å². The normalized spacial score (nSPS) is 20.1. The number of aromatic nitrogens is 1. The molecule has 3 heterocycles. The van der Waals surface area contributed by atoms with Crippen molar-refractivity contribution in [3.8, 4) is 5.75 Å². The number of ether oxygens (including phenoxy) is 1. The Morgan fingerprint density at radius 3 is 2.63 bits per heavy atom. The Bertz CT molecular complexity index is 972. The van der Waals surface area contributed by atoms with Gasteiger partial charge in [-0.25, -0.2) is 0 Å². The van der Waals surface area contributed by atoms with Gasteiger partial charge in [0.2, 0.25) is 0 Å². The first-order chi connectivity index (χ1) is 13.9. The van der Waals surface area contributed by atoms with Gasteiger partial charge in [-0.2, -0.15) is 0 Å². The number of hydrogen-bond acceptors (Lipinski definition) is 4. The van der Waals surface area contributed by atoms with Gasteiger partial charge < -0.3 is 19.5 Å². The van der Waals surface area contributed by atoms with E-state index in [4.69, 9.17) is 4.74 Å². The highest BCUT2D eigenvalue weighted by Crippen LogP contribution is 2.43. The van der Waals surface area contributed by atoms with E-state index in [2.05, 4.69) is 43.4 Å². The van der Waals surface area contributed by atoms with Crippen LogP contribution >= 0.6 is 12.4 Å². The van der Waals surface area contributed by atoms with E-state index >= 15 is 0 Å². The summed E-state index contributed by atoms with van der Waals surface area (Å²) >= 11 is 0. The molecule has 0 saturated carbocycles. The topological polar surface area (TPSA) is 63.6 Å². The molecule has 1 fully saturated rings. The molecule has 2 aliphatic rings. The zero-order chi connectivity index (χ0) is 20.6. The van der Waals surface area contributed by atoms with Crippen molar-refractivity contribution in [2.45, 2.75) is 32.7 Å². The van der Waals surface area contributed by atoms with Gasteiger partial charge in [-0.05, 0) is 11.0 Å². The maximum Gasteiger partial charge on any atom is 0.259 e. The summed E-state index contributed by atoms with van der Waals surface area (Å²) in [4.78, 5) is 28.2.